The van der Waals surface area contributed by atoms with Crippen LogP contribution in [-0.2, 0) is 6.42 Å². The summed E-state index contributed by atoms with van der Waals surface area (Å²) in [5, 5.41) is 23.7. The molecule has 1 aliphatic heterocycles. The Labute approximate surface area is 183 Å². The molecule has 0 radical (unpaired) electrons. The Balaban J connectivity index is 1.64. The average molecular weight is 437 g/mol. The molecule has 166 valence electrons. The van der Waals surface area contributed by atoms with Gasteiger partial charge in [-0.1, -0.05) is 0 Å². The number of rotatable bonds is 3. The number of halogens is 1. The molecule has 3 aromatic rings. The van der Waals surface area contributed by atoms with Crippen molar-refractivity contribution in [1.82, 2.24) is 9.97 Å². The number of hydrogen-bond donors (Lipinski definition) is 4. The number of amides is 1. The monoisotopic (exact) mass is 437 g/mol. The lowest BCUT2D eigenvalue weighted by molar-refractivity contribution is 0.0725. The van der Waals surface area contributed by atoms with E-state index in [9.17, 15) is 15.0 Å². The van der Waals surface area contributed by atoms with E-state index in [2.05, 4.69) is 15.3 Å². The van der Waals surface area contributed by atoms with Crippen LogP contribution in [0, 0.1) is 12.7 Å². The molecule has 3 heterocycles. The summed E-state index contributed by atoms with van der Waals surface area (Å²) in [6.07, 6.45) is 4.01. The van der Waals surface area contributed by atoms with Gasteiger partial charge in [-0.05, 0) is 55.7 Å². The topological polar surface area (TPSA) is 125 Å². The van der Waals surface area contributed by atoms with Crippen molar-refractivity contribution in [2.75, 3.05) is 22.5 Å². The molecule has 0 atom stereocenters. The molecule has 1 saturated carbocycles. The number of fused-ring (bicyclic) bond motifs is 2. The second-order valence-electron chi connectivity index (χ2n) is 8.50. The van der Waals surface area contributed by atoms with Gasteiger partial charge < -0.3 is 21.3 Å². The minimum absolute atomic E-state index is 0.0393. The fraction of sp³-hybridized carbons (Fsp3) is 0.348. The van der Waals surface area contributed by atoms with Crippen molar-refractivity contribution >= 4 is 34.1 Å². The zero-order chi connectivity index (χ0) is 22.6. The standard InChI is InChI=1S/C23H24FN5O3/c1-11-16(9-27-18-3-2-4-26-22(11)18)15-5-12-6-19(28-10-17(12)21(25)20(15)24)29(23(31)32)13-7-14(30)8-13/h5-6,9-10,13-14,26,30H,2-4,7-8,25H2,1H3,(H,31,32)/t13-,14+. The zero-order valence-electron chi connectivity index (χ0n) is 17.6. The number of aliphatic hydroxyl groups is 1. The minimum atomic E-state index is -1.15. The molecule has 1 amide bonds. The number of carboxylic acid groups (broad SMARTS) is 1. The molecule has 0 spiro atoms. The Morgan fingerprint density at radius 1 is 1.25 bits per heavy atom. The molecule has 1 aromatic carbocycles. The van der Waals surface area contributed by atoms with E-state index in [0.29, 0.717) is 34.7 Å². The summed E-state index contributed by atoms with van der Waals surface area (Å²) < 4.78 is 15.3. The van der Waals surface area contributed by atoms with Crippen molar-refractivity contribution in [1.29, 1.82) is 0 Å². The third kappa shape index (κ3) is 3.20. The SMILES string of the molecule is Cc1c(-c2cc3cc(N(C(=O)O)[C@H]4C[C@@H](O)C4)ncc3c(N)c2F)cnc2c1NCCC2. The molecule has 1 fully saturated rings. The Bertz CT molecular complexity index is 1240. The summed E-state index contributed by atoms with van der Waals surface area (Å²) >= 11 is 0. The molecule has 2 aromatic heterocycles. The smallest absolute Gasteiger partial charge is 0.413 e. The molecule has 8 nitrogen and oxygen atoms in total. The second-order valence-corrected chi connectivity index (χ2v) is 8.50. The maximum absolute atomic E-state index is 15.3. The van der Waals surface area contributed by atoms with Gasteiger partial charge in [-0.15, -0.1) is 0 Å². The number of nitrogens with one attached hydrogen (secondary N) is 1. The van der Waals surface area contributed by atoms with Gasteiger partial charge >= 0.3 is 6.09 Å². The largest absolute Gasteiger partial charge is 0.465 e. The van der Waals surface area contributed by atoms with Gasteiger partial charge in [-0.2, -0.15) is 0 Å². The van der Waals surface area contributed by atoms with E-state index in [1.165, 1.54) is 6.20 Å². The highest BCUT2D eigenvalue weighted by Crippen LogP contribution is 2.39. The van der Waals surface area contributed by atoms with Crippen LogP contribution in [0.25, 0.3) is 21.9 Å². The van der Waals surface area contributed by atoms with Crippen LogP contribution >= 0.6 is 0 Å². The Kier molecular flexibility index (Phi) is 4.85. The molecule has 5 rings (SSSR count). The van der Waals surface area contributed by atoms with Gasteiger partial charge in [0.2, 0.25) is 0 Å². The van der Waals surface area contributed by atoms with Crippen molar-refractivity contribution in [3.05, 3.63) is 41.6 Å². The molecule has 0 saturated heterocycles. The molecule has 0 bridgehead atoms. The zero-order valence-corrected chi connectivity index (χ0v) is 17.6. The summed E-state index contributed by atoms with van der Waals surface area (Å²) in [6.45, 7) is 2.78. The van der Waals surface area contributed by atoms with Crippen LogP contribution in [0.1, 0.15) is 30.5 Å². The van der Waals surface area contributed by atoms with Crippen LogP contribution in [0.15, 0.2) is 24.5 Å². The van der Waals surface area contributed by atoms with Crippen molar-refractivity contribution < 1.29 is 19.4 Å². The Morgan fingerprint density at radius 3 is 2.75 bits per heavy atom. The molecule has 2 aliphatic rings. The number of nitrogens with two attached hydrogens (primary N) is 1. The van der Waals surface area contributed by atoms with E-state index in [1.807, 2.05) is 6.92 Å². The number of hydrogen-bond acceptors (Lipinski definition) is 6. The number of nitrogen functional groups attached to an aromatic ring is 1. The first-order valence-corrected chi connectivity index (χ1v) is 10.7. The maximum atomic E-state index is 15.3. The Morgan fingerprint density at radius 2 is 2.03 bits per heavy atom. The highest BCUT2D eigenvalue weighted by atomic mass is 19.1. The highest BCUT2D eigenvalue weighted by molar-refractivity contribution is 5.99. The number of aryl methyl sites for hydroxylation is 1. The number of nitrogens with zero attached hydrogens (tertiary/aromatic N) is 3. The lowest BCUT2D eigenvalue weighted by Crippen LogP contribution is -2.50. The van der Waals surface area contributed by atoms with Gasteiger partial charge in [0.15, 0.2) is 5.82 Å². The number of anilines is 3. The number of pyridine rings is 2. The van der Waals surface area contributed by atoms with E-state index in [1.54, 1.807) is 18.3 Å². The predicted octanol–water partition coefficient (Wildman–Crippen LogP) is 3.69. The van der Waals surface area contributed by atoms with E-state index >= 15 is 4.39 Å². The van der Waals surface area contributed by atoms with Gasteiger partial charge in [0.1, 0.15) is 5.82 Å². The van der Waals surface area contributed by atoms with E-state index in [4.69, 9.17) is 5.73 Å². The lowest BCUT2D eigenvalue weighted by atomic mass is 9.88. The predicted molar refractivity (Wildman–Crippen MR) is 120 cm³/mol. The molecular weight excluding hydrogens is 413 g/mol. The van der Waals surface area contributed by atoms with Crippen LogP contribution in [0.2, 0.25) is 0 Å². The van der Waals surface area contributed by atoms with Gasteiger partial charge in [0.25, 0.3) is 0 Å². The molecule has 9 heteroatoms. The van der Waals surface area contributed by atoms with E-state index < -0.39 is 18.0 Å². The third-order valence-electron chi connectivity index (χ3n) is 6.49. The first-order valence-electron chi connectivity index (χ1n) is 10.7. The van der Waals surface area contributed by atoms with E-state index in [0.717, 1.165) is 41.2 Å². The van der Waals surface area contributed by atoms with Gasteiger partial charge in [0, 0.05) is 41.5 Å². The summed E-state index contributed by atoms with van der Waals surface area (Å²) in [6, 6.07) is 2.93. The molecule has 0 unspecified atom stereocenters. The van der Waals surface area contributed by atoms with Crippen LogP contribution in [0.4, 0.5) is 26.4 Å². The first-order chi connectivity index (χ1) is 15.3. The number of aliphatic hydroxyl groups excluding tert-OH is 1. The minimum Gasteiger partial charge on any atom is -0.465 e. The molecule has 32 heavy (non-hydrogen) atoms. The summed E-state index contributed by atoms with van der Waals surface area (Å²) in [5.74, 6) is -0.328. The molecule has 1 aliphatic carbocycles. The maximum Gasteiger partial charge on any atom is 0.413 e. The van der Waals surface area contributed by atoms with Crippen molar-refractivity contribution in [2.45, 2.75) is 44.8 Å². The third-order valence-corrected chi connectivity index (χ3v) is 6.49. The van der Waals surface area contributed by atoms with Gasteiger partial charge in [-0.3, -0.25) is 9.88 Å². The second kappa shape index (κ2) is 7.59. The lowest BCUT2D eigenvalue weighted by Gasteiger charge is -2.38. The fourth-order valence-electron chi connectivity index (χ4n) is 4.64. The number of aromatic nitrogens is 2. The van der Waals surface area contributed by atoms with Crippen LogP contribution in [0.3, 0.4) is 0 Å². The number of carbonyl (C=O) groups is 1. The van der Waals surface area contributed by atoms with Gasteiger partial charge in [-0.25, -0.2) is 14.2 Å². The highest BCUT2D eigenvalue weighted by Gasteiger charge is 2.36. The fourth-order valence-corrected chi connectivity index (χ4v) is 4.64. The average Bonchev–Trinajstić information content (AvgIpc) is 2.76. The van der Waals surface area contributed by atoms with E-state index in [-0.39, 0.29) is 17.5 Å². The van der Waals surface area contributed by atoms with Crippen molar-refractivity contribution in [2.24, 2.45) is 0 Å². The summed E-state index contributed by atoms with van der Waals surface area (Å²) in [7, 11) is 0. The number of benzene rings is 1. The first kappa shape index (κ1) is 20.4. The summed E-state index contributed by atoms with van der Waals surface area (Å²) in [4.78, 5) is 21.8. The van der Waals surface area contributed by atoms with Crippen LogP contribution in [-0.4, -0.2) is 45.0 Å². The molecular formula is C23H24FN5O3. The van der Waals surface area contributed by atoms with Crippen molar-refractivity contribution in [3.8, 4) is 11.1 Å². The quantitative estimate of drug-likeness (QED) is 0.461. The van der Waals surface area contributed by atoms with Crippen LogP contribution in [0.5, 0.6) is 0 Å². The normalized spacial score (nSPS) is 19.7. The van der Waals surface area contributed by atoms with Gasteiger partial charge in [0.05, 0.1) is 23.2 Å². The van der Waals surface area contributed by atoms with Crippen molar-refractivity contribution in [3.63, 3.8) is 0 Å². The Hall–Kier alpha value is -3.46. The van der Waals surface area contributed by atoms with Crippen LogP contribution < -0.4 is 16.0 Å². The molecule has 5 N–H and O–H groups in total. The summed E-state index contributed by atoms with van der Waals surface area (Å²) in [5.41, 5.74) is 9.85.